The molecule has 0 amide bonds. The average Bonchev–Trinajstić information content (AvgIpc) is 2.65. The van der Waals surface area contributed by atoms with Crippen molar-refractivity contribution in [2.75, 3.05) is 0 Å². The lowest BCUT2D eigenvalue weighted by molar-refractivity contribution is 0.621. The van der Waals surface area contributed by atoms with E-state index in [1.54, 1.807) is 16.9 Å². The summed E-state index contributed by atoms with van der Waals surface area (Å²) in [7, 11) is 1.86. The van der Waals surface area contributed by atoms with Crippen LogP contribution in [0.5, 0.6) is 0 Å². The van der Waals surface area contributed by atoms with Crippen LogP contribution in [0.1, 0.15) is 22.9 Å². The first kappa shape index (κ1) is 13.1. The van der Waals surface area contributed by atoms with Gasteiger partial charge < -0.3 is 5.73 Å². The minimum atomic E-state index is -0.301. The standard InChI is InChI=1S/C13H15ClFN3/c1-8-11(7-17-18(8)2)13(16)6-9-5-10(15)3-4-12(9)14/h3-5,7,13H,6,16H2,1-2H3. The lowest BCUT2D eigenvalue weighted by Gasteiger charge is -2.12. The van der Waals surface area contributed by atoms with Gasteiger partial charge in [0.25, 0.3) is 0 Å². The summed E-state index contributed by atoms with van der Waals surface area (Å²) in [5, 5.41) is 4.68. The second-order valence-electron chi connectivity index (χ2n) is 4.36. The van der Waals surface area contributed by atoms with Gasteiger partial charge in [-0.3, -0.25) is 4.68 Å². The van der Waals surface area contributed by atoms with Crippen molar-refractivity contribution in [3.05, 3.63) is 52.1 Å². The van der Waals surface area contributed by atoms with Gasteiger partial charge in [0.15, 0.2) is 0 Å². The van der Waals surface area contributed by atoms with Crippen LogP contribution in [0.3, 0.4) is 0 Å². The van der Waals surface area contributed by atoms with Gasteiger partial charge in [0, 0.05) is 29.4 Å². The van der Waals surface area contributed by atoms with E-state index in [1.807, 2.05) is 14.0 Å². The molecule has 1 aromatic carbocycles. The smallest absolute Gasteiger partial charge is 0.123 e. The van der Waals surface area contributed by atoms with Gasteiger partial charge in [0.05, 0.1) is 6.20 Å². The fourth-order valence-electron chi connectivity index (χ4n) is 1.93. The second kappa shape index (κ2) is 5.08. The van der Waals surface area contributed by atoms with Crippen molar-refractivity contribution < 1.29 is 4.39 Å². The van der Waals surface area contributed by atoms with E-state index in [0.29, 0.717) is 17.0 Å². The summed E-state index contributed by atoms with van der Waals surface area (Å²) >= 11 is 6.03. The number of aromatic nitrogens is 2. The Kier molecular flexibility index (Phi) is 3.68. The monoisotopic (exact) mass is 267 g/mol. The van der Waals surface area contributed by atoms with Crippen LogP contribution in [0, 0.1) is 12.7 Å². The zero-order chi connectivity index (χ0) is 13.3. The Balaban J connectivity index is 2.23. The molecule has 96 valence electrons. The number of nitrogens with zero attached hydrogens (tertiary/aromatic N) is 2. The highest BCUT2D eigenvalue weighted by Crippen LogP contribution is 2.24. The highest BCUT2D eigenvalue weighted by Gasteiger charge is 2.15. The van der Waals surface area contributed by atoms with Crippen molar-refractivity contribution in [3.63, 3.8) is 0 Å². The van der Waals surface area contributed by atoms with Crippen molar-refractivity contribution >= 4 is 11.6 Å². The maximum absolute atomic E-state index is 13.2. The van der Waals surface area contributed by atoms with E-state index in [-0.39, 0.29) is 11.9 Å². The van der Waals surface area contributed by atoms with Gasteiger partial charge in [-0.05, 0) is 37.1 Å². The minimum Gasteiger partial charge on any atom is -0.324 e. The summed E-state index contributed by atoms with van der Waals surface area (Å²) in [4.78, 5) is 0. The molecule has 5 heteroatoms. The largest absolute Gasteiger partial charge is 0.324 e. The number of hydrogen-bond acceptors (Lipinski definition) is 2. The number of nitrogens with two attached hydrogens (primary N) is 1. The lowest BCUT2D eigenvalue weighted by atomic mass is 10.0. The molecule has 0 saturated heterocycles. The third kappa shape index (κ3) is 2.54. The second-order valence-corrected chi connectivity index (χ2v) is 4.76. The molecular formula is C13H15ClFN3. The molecule has 0 saturated carbocycles. The maximum Gasteiger partial charge on any atom is 0.123 e. The van der Waals surface area contributed by atoms with Crippen LogP contribution < -0.4 is 5.73 Å². The van der Waals surface area contributed by atoms with E-state index in [0.717, 1.165) is 11.3 Å². The number of aryl methyl sites for hydroxylation is 1. The van der Waals surface area contributed by atoms with Crippen LogP contribution in [0.25, 0.3) is 0 Å². The molecule has 3 nitrogen and oxygen atoms in total. The molecule has 1 heterocycles. The van der Waals surface area contributed by atoms with Gasteiger partial charge in [-0.25, -0.2) is 4.39 Å². The Labute approximate surface area is 110 Å². The predicted molar refractivity (Wildman–Crippen MR) is 70.0 cm³/mol. The summed E-state index contributed by atoms with van der Waals surface area (Å²) in [5.41, 5.74) is 8.81. The molecule has 0 aliphatic heterocycles. The Morgan fingerprint density at radius 3 is 2.83 bits per heavy atom. The van der Waals surface area contributed by atoms with Crippen molar-refractivity contribution in [2.45, 2.75) is 19.4 Å². The minimum absolute atomic E-state index is 0.238. The third-order valence-electron chi connectivity index (χ3n) is 3.12. The molecular weight excluding hydrogens is 253 g/mol. The van der Waals surface area contributed by atoms with E-state index in [9.17, 15) is 4.39 Å². The van der Waals surface area contributed by atoms with Gasteiger partial charge in [0.2, 0.25) is 0 Å². The highest BCUT2D eigenvalue weighted by atomic mass is 35.5. The van der Waals surface area contributed by atoms with Crippen molar-refractivity contribution in [1.82, 2.24) is 9.78 Å². The first-order valence-corrected chi connectivity index (χ1v) is 6.05. The van der Waals surface area contributed by atoms with Crippen molar-refractivity contribution in [3.8, 4) is 0 Å². The number of hydrogen-bond donors (Lipinski definition) is 1. The van der Waals surface area contributed by atoms with E-state index in [2.05, 4.69) is 5.10 Å². The molecule has 0 fully saturated rings. The molecule has 1 atom stereocenters. The molecule has 2 rings (SSSR count). The molecule has 1 unspecified atom stereocenters. The van der Waals surface area contributed by atoms with Gasteiger partial charge in [-0.2, -0.15) is 5.10 Å². The van der Waals surface area contributed by atoms with Gasteiger partial charge in [0.1, 0.15) is 5.82 Å². The van der Waals surface area contributed by atoms with E-state index < -0.39 is 0 Å². The highest BCUT2D eigenvalue weighted by molar-refractivity contribution is 6.31. The average molecular weight is 268 g/mol. The molecule has 0 aliphatic carbocycles. The molecule has 0 bridgehead atoms. The normalized spacial score (nSPS) is 12.7. The zero-order valence-corrected chi connectivity index (χ0v) is 11.1. The van der Waals surface area contributed by atoms with Crippen molar-refractivity contribution in [2.24, 2.45) is 12.8 Å². The lowest BCUT2D eigenvalue weighted by Crippen LogP contribution is -2.14. The molecule has 0 aliphatic rings. The quantitative estimate of drug-likeness (QED) is 0.929. The summed E-state index contributed by atoms with van der Waals surface area (Å²) in [6.07, 6.45) is 2.23. The van der Waals surface area contributed by atoms with Crippen LogP contribution >= 0.6 is 11.6 Å². The fraction of sp³-hybridized carbons (Fsp3) is 0.308. The molecule has 1 aromatic heterocycles. The van der Waals surface area contributed by atoms with Gasteiger partial charge in [-0.1, -0.05) is 11.6 Å². The van der Waals surface area contributed by atoms with E-state index in [1.165, 1.54) is 12.1 Å². The topological polar surface area (TPSA) is 43.8 Å². The summed E-state index contributed by atoms with van der Waals surface area (Å²) in [5.74, 6) is -0.301. The molecule has 2 aromatic rings. The summed E-state index contributed by atoms with van der Waals surface area (Å²) in [6.45, 7) is 1.95. The molecule has 0 spiro atoms. The van der Waals surface area contributed by atoms with Crippen LogP contribution in [-0.2, 0) is 13.5 Å². The number of benzene rings is 1. The maximum atomic E-state index is 13.2. The molecule has 0 radical (unpaired) electrons. The van der Waals surface area contributed by atoms with E-state index in [4.69, 9.17) is 17.3 Å². The zero-order valence-electron chi connectivity index (χ0n) is 10.3. The van der Waals surface area contributed by atoms with Gasteiger partial charge in [-0.15, -0.1) is 0 Å². The summed E-state index contributed by atoms with van der Waals surface area (Å²) in [6, 6.07) is 4.08. The predicted octanol–water partition coefficient (Wildman–Crippen LogP) is 2.76. The Bertz CT molecular complexity index is 565. The van der Waals surface area contributed by atoms with Crippen LogP contribution in [-0.4, -0.2) is 9.78 Å². The van der Waals surface area contributed by atoms with E-state index >= 15 is 0 Å². The molecule has 18 heavy (non-hydrogen) atoms. The third-order valence-corrected chi connectivity index (χ3v) is 3.49. The Morgan fingerprint density at radius 2 is 2.22 bits per heavy atom. The Morgan fingerprint density at radius 1 is 1.50 bits per heavy atom. The summed E-state index contributed by atoms with van der Waals surface area (Å²) < 4.78 is 14.9. The van der Waals surface area contributed by atoms with Crippen LogP contribution in [0.2, 0.25) is 5.02 Å². The number of rotatable bonds is 3. The molecule has 2 N–H and O–H groups in total. The van der Waals surface area contributed by atoms with Crippen LogP contribution in [0.15, 0.2) is 24.4 Å². The van der Waals surface area contributed by atoms with Crippen molar-refractivity contribution in [1.29, 1.82) is 0 Å². The van der Waals surface area contributed by atoms with Gasteiger partial charge >= 0.3 is 0 Å². The Hall–Kier alpha value is -1.39. The SMILES string of the molecule is Cc1c(C(N)Cc2cc(F)ccc2Cl)cnn1C. The first-order valence-electron chi connectivity index (χ1n) is 5.67. The van der Waals surface area contributed by atoms with Crippen LogP contribution in [0.4, 0.5) is 4.39 Å². The number of halogens is 2. The fourth-order valence-corrected chi connectivity index (χ4v) is 2.12. The first-order chi connectivity index (χ1) is 8.49.